The number of aromatic amines is 1. The van der Waals surface area contributed by atoms with E-state index >= 15 is 0 Å². The molecule has 1 aromatic heterocycles. The van der Waals surface area contributed by atoms with E-state index in [4.69, 9.17) is 4.98 Å². The van der Waals surface area contributed by atoms with Crippen LogP contribution in [0, 0.1) is 12.7 Å². The van der Waals surface area contributed by atoms with E-state index in [1.807, 2.05) is 6.07 Å². The Morgan fingerprint density at radius 1 is 1.23 bits per heavy atom. The topological polar surface area (TPSA) is 61.0 Å². The highest BCUT2D eigenvalue weighted by molar-refractivity contribution is 5.89. The lowest BCUT2D eigenvalue weighted by Gasteiger charge is -2.31. The molecule has 4 rings (SSSR count). The van der Waals surface area contributed by atoms with Gasteiger partial charge in [-0.25, -0.2) is 14.2 Å². The van der Waals surface area contributed by atoms with Crippen LogP contribution in [0.15, 0.2) is 42.5 Å². The number of amides is 2. The van der Waals surface area contributed by atoms with Crippen molar-refractivity contribution in [2.45, 2.75) is 25.7 Å². The lowest BCUT2D eigenvalue weighted by molar-refractivity contribution is 0.193. The van der Waals surface area contributed by atoms with E-state index in [-0.39, 0.29) is 11.7 Å². The van der Waals surface area contributed by atoms with E-state index in [0.717, 1.165) is 29.7 Å². The van der Waals surface area contributed by atoms with Crippen LogP contribution < -0.4 is 5.32 Å². The van der Waals surface area contributed by atoms with Gasteiger partial charge in [0.2, 0.25) is 0 Å². The fourth-order valence-corrected chi connectivity index (χ4v) is 3.45. The first-order valence-corrected chi connectivity index (χ1v) is 8.87. The minimum atomic E-state index is -0.423. The number of hydrogen-bond acceptors (Lipinski definition) is 2. The number of nitrogens with zero attached hydrogens (tertiary/aromatic N) is 2. The standard InChI is InChI=1S/C20H21FN4O/c1-13-6-7-17-18(12-13)23-19(22-17)14-8-10-25(11-9-14)20(26)24-16-5-3-2-4-15(16)21/h2-7,12,14H,8-11H2,1H3,(H,22,23)(H,24,26). The predicted octanol–water partition coefficient (Wildman–Crippen LogP) is 4.42. The van der Waals surface area contributed by atoms with E-state index < -0.39 is 5.82 Å². The second kappa shape index (κ2) is 6.78. The third-order valence-corrected chi connectivity index (χ3v) is 4.94. The number of nitrogens with one attached hydrogen (secondary N) is 2. The van der Waals surface area contributed by atoms with Crippen molar-refractivity contribution in [1.82, 2.24) is 14.9 Å². The van der Waals surface area contributed by atoms with Gasteiger partial charge < -0.3 is 15.2 Å². The number of urea groups is 1. The van der Waals surface area contributed by atoms with E-state index in [1.54, 1.807) is 23.1 Å². The Morgan fingerprint density at radius 2 is 2.00 bits per heavy atom. The van der Waals surface area contributed by atoms with Gasteiger partial charge in [-0.2, -0.15) is 0 Å². The summed E-state index contributed by atoms with van der Waals surface area (Å²) in [5.41, 5.74) is 3.45. The molecule has 0 aliphatic carbocycles. The lowest BCUT2D eigenvalue weighted by atomic mass is 9.96. The maximum absolute atomic E-state index is 13.7. The first-order valence-electron chi connectivity index (χ1n) is 8.87. The molecular formula is C20H21FN4O. The second-order valence-corrected chi connectivity index (χ2v) is 6.81. The third-order valence-electron chi connectivity index (χ3n) is 4.94. The molecule has 0 spiro atoms. The number of benzene rings is 2. The summed E-state index contributed by atoms with van der Waals surface area (Å²) in [5.74, 6) is 0.869. The minimum Gasteiger partial charge on any atom is -0.342 e. The van der Waals surface area contributed by atoms with Crippen molar-refractivity contribution in [2.24, 2.45) is 0 Å². The van der Waals surface area contributed by atoms with Crippen molar-refractivity contribution in [3.63, 3.8) is 0 Å². The number of H-pyrrole nitrogens is 1. The smallest absolute Gasteiger partial charge is 0.321 e. The van der Waals surface area contributed by atoms with Crippen LogP contribution >= 0.6 is 0 Å². The molecule has 0 unspecified atom stereocenters. The zero-order valence-electron chi connectivity index (χ0n) is 14.6. The SMILES string of the molecule is Cc1ccc2nc(C3CCN(C(=O)Nc4ccccc4F)CC3)[nH]c2c1. The minimum absolute atomic E-state index is 0.215. The van der Waals surface area contributed by atoms with Crippen molar-refractivity contribution < 1.29 is 9.18 Å². The molecule has 5 nitrogen and oxygen atoms in total. The number of aryl methyl sites for hydroxylation is 1. The van der Waals surface area contributed by atoms with Gasteiger partial charge in [0.05, 0.1) is 16.7 Å². The molecule has 3 aromatic rings. The van der Waals surface area contributed by atoms with Gasteiger partial charge in [-0.15, -0.1) is 0 Å². The number of piperidine rings is 1. The highest BCUT2D eigenvalue weighted by atomic mass is 19.1. The van der Waals surface area contributed by atoms with Crippen LogP contribution in [0.3, 0.4) is 0 Å². The maximum atomic E-state index is 13.7. The number of hydrogen-bond donors (Lipinski definition) is 2. The predicted molar refractivity (Wildman–Crippen MR) is 99.8 cm³/mol. The number of para-hydroxylation sites is 1. The molecule has 1 saturated heterocycles. The summed E-state index contributed by atoms with van der Waals surface area (Å²) in [6.07, 6.45) is 1.67. The van der Waals surface area contributed by atoms with Crippen LogP contribution in [0.5, 0.6) is 0 Å². The van der Waals surface area contributed by atoms with E-state index in [1.165, 1.54) is 11.6 Å². The van der Waals surface area contributed by atoms with E-state index in [2.05, 4.69) is 29.4 Å². The summed E-state index contributed by atoms with van der Waals surface area (Å²) in [6.45, 7) is 3.31. The van der Waals surface area contributed by atoms with Crippen LogP contribution in [0.25, 0.3) is 11.0 Å². The molecule has 2 aromatic carbocycles. The van der Waals surface area contributed by atoms with Crippen molar-refractivity contribution >= 4 is 22.8 Å². The van der Waals surface area contributed by atoms with Crippen molar-refractivity contribution in [3.8, 4) is 0 Å². The molecule has 134 valence electrons. The number of halogens is 1. The Labute approximate surface area is 151 Å². The number of fused-ring (bicyclic) bond motifs is 1. The molecule has 1 fully saturated rings. The fraction of sp³-hybridized carbons (Fsp3) is 0.300. The molecule has 2 N–H and O–H groups in total. The number of carbonyl (C=O) groups is 1. The summed E-state index contributed by atoms with van der Waals surface area (Å²) in [6, 6.07) is 12.1. The van der Waals surface area contributed by atoms with Crippen LogP contribution in [0.2, 0.25) is 0 Å². The van der Waals surface area contributed by atoms with Gasteiger partial charge >= 0.3 is 6.03 Å². The highest BCUT2D eigenvalue weighted by Gasteiger charge is 2.26. The molecule has 0 atom stereocenters. The Morgan fingerprint density at radius 3 is 2.77 bits per heavy atom. The van der Waals surface area contributed by atoms with Gasteiger partial charge in [0.25, 0.3) is 0 Å². The quantitative estimate of drug-likeness (QED) is 0.717. The van der Waals surface area contributed by atoms with E-state index in [9.17, 15) is 9.18 Å². The molecule has 0 saturated carbocycles. The third kappa shape index (κ3) is 3.27. The number of rotatable bonds is 2. The first kappa shape index (κ1) is 16.6. The van der Waals surface area contributed by atoms with Gasteiger partial charge in [0.1, 0.15) is 11.6 Å². The molecule has 1 aliphatic heterocycles. The summed E-state index contributed by atoms with van der Waals surface area (Å²) in [7, 11) is 0. The molecule has 0 radical (unpaired) electrons. The molecule has 1 aliphatic rings. The number of aromatic nitrogens is 2. The highest BCUT2D eigenvalue weighted by Crippen LogP contribution is 2.28. The summed E-state index contributed by atoms with van der Waals surface area (Å²) < 4.78 is 13.7. The summed E-state index contributed by atoms with van der Waals surface area (Å²) >= 11 is 0. The Kier molecular flexibility index (Phi) is 4.32. The second-order valence-electron chi connectivity index (χ2n) is 6.81. The van der Waals surface area contributed by atoms with Gasteiger partial charge in [0, 0.05) is 19.0 Å². The van der Waals surface area contributed by atoms with Crippen LogP contribution in [-0.2, 0) is 0 Å². The molecular weight excluding hydrogens is 331 g/mol. The van der Waals surface area contributed by atoms with Crippen LogP contribution in [-0.4, -0.2) is 34.0 Å². The Bertz CT molecular complexity index is 944. The van der Waals surface area contributed by atoms with Gasteiger partial charge in [0.15, 0.2) is 0 Å². The average Bonchev–Trinajstić information content (AvgIpc) is 3.07. The van der Waals surface area contributed by atoms with Crippen molar-refractivity contribution in [3.05, 3.63) is 59.7 Å². The normalized spacial score (nSPS) is 15.4. The summed E-state index contributed by atoms with van der Waals surface area (Å²) in [5, 5.41) is 2.65. The zero-order valence-corrected chi connectivity index (χ0v) is 14.6. The Hall–Kier alpha value is -2.89. The van der Waals surface area contributed by atoms with Crippen molar-refractivity contribution in [1.29, 1.82) is 0 Å². The fourth-order valence-electron chi connectivity index (χ4n) is 3.45. The first-order chi connectivity index (χ1) is 12.6. The number of anilines is 1. The van der Waals surface area contributed by atoms with Gasteiger partial charge in [-0.1, -0.05) is 18.2 Å². The van der Waals surface area contributed by atoms with Crippen LogP contribution in [0.1, 0.15) is 30.1 Å². The molecule has 2 amide bonds. The lowest BCUT2D eigenvalue weighted by Crippen LogP contribution is -2.40. The number of imidazole rings is 1. The summed E-state index contributed by atoms with van der Waals surface area (Å²) in [4.78, 5) is 22.2. The van der Waals surface area contributed by atoms with Crippen LogP contribution in [0.4, 0.5) is 14.9 Å². The Balaban J connectivity index is 1.40. The van der Waals surface area contributed by atoms with E-state index in [0.29, 0.717) is 19.0 Å². The molecule has 2 heterocycles. The number of carbonyl (C=O) groups excluding carboxylic acids is 1. The average molecular weight is 352 g/mol. The zero-order chi connectivity index (χ0) is 18.1. The van der Waals surface area contributed by atoms with Gasteiger partial charge in [-0.05, 0) is 49.6 Å². The molecule has 0 bridgehead atoms. The monoisotopic (exact) mass is 352 g/mol. The largest absolute Gasteiger partial charge is 0.342 e. The van der Waals surface area contributed by atoms with Crippen molar-refractivity contribution in [2.75, 3.05) is 18.4 Å². The molecule has 6 heteroatoms. The maximum Gasteiger partial charge on any atom is 0.321 e. The number of likely N-dealkylation sites (tertiary alicyclic amines) is 1. The molecule has 26 heavy (non-hydrogen) atoms. The van der Waals surface area contributed by atoms with Gasteiger partial charge in [-0.3, -0.25) is 0 Å².